The molecule has 0 radical (unpaired) electrons. The molecule has 18 heavy (non-hydrogen) atoms. The first-order valence-corrected chi connectivity index (χ1v) is 5.80. The van der Waals surface area contributed by atoms with Crippen molar-refractivity contribution in [3.05, 3.63) is 48.3 Å². The summed E-state index contributed by atoms with van der Waals surface area (Å²) in [5.41, 5.74) is -0.259. The van der Waals surface area contributed by atoms with E-state index in [9.17, 15) is 20.0 Å². The Morgan fingerprint density at radius 2 is 2.17 bits per heavy atom. The highest BCUT2D eigenvalue weighted by Crippen LogP contribution is 2.22. The first-order chi connectivity index (χ1) is 8.49. The molecule has 0 atom stereocenters. The third-order valence-electron chi connectivity index (χ3n) is 2.18. The zero-order valence-electron chi connectivity index (χ0n) is 8.75. The highest BCUT2D eigenvalue weighted by molar-refractivity contribution is 14.1. The van der Waals surface area contributed by atoms with Crippen molar-refractivity contribution < 1.29 is 10.0 Å². The number of aromatic amines is 1. The molecular weight excluding hydrogens is 353 g/mol. The molecule has 2 N–H and O–H groups in total. The molecule has 1 aromatic heterocycles. The number of nitro groups is 1. The van der Waals surface area contributed by atoms with Crippen molar-refractivity contribution in [2.75, 3.05) is 0 Å². The molecule has 2 aromatic rings. The predicted octanol–water partition coefficient (Wildman–Crippen LogP) is 1.66. The van der Waals surface area contributed by atoms with E-state index in [0.29, 0.717) is 5.56 Å². The van der Waals surface area contributed by atoms with Gasteiger partial charge in [-0.3, -0.25) is 14.9 Å². The quantitative estimate of drug-likeness (QED) is 0.482. The summed E-state index contributed by atoms with van der Waals surface area (Å²) >= 11 is 1.66. The van der Waals surface area contributed by atoms with Crippen molar-refractivity contribution in [1.29, 1.82) is 0 Å². The van der Waals surface area contributed by atoms with Gasteiger partial charge in [-0.2, -0.15) is 4.98 Å². The van der Waals surface area contributed by atoms with Gasteiger partial charge in [0.15, 0.2) is 0 Å². The largest absolute Gasteiger partial charge is 0.492 e. The molecule has 8 heteroatoms. The number of non-ortho nitro benzene ring substituents is 1. The van der Waals surface area contributed by atoms with Crippen LogP contribution in [0.5, 0.6) is 5.88 Å². The monoisotopic (exact) mass is 359 g/mol. The van der Waals surface area contributed by atoms with Crippen LogP contribution in [-0.2, 0) is 0 Å². The van der Waals surface area contributed by atoms with Crippen molar-refractivity contribution in [2.45, 2.75) is 0 Å². The van der Waals surface area contributed by atoms with E-state index in [2.05, 4.69) is 9.97 Å². The molecule has 0 fully saturated rings. The summed E-state index contributed by atoms with van der Waals surface area (Å²) in [7, 11) is 0. The summed E-state index contributed by atoms with van der Waals surface area (Å²) < 4.78 is 0.0711. The lowest BCUT2D eigenvalue weighted by atomic mass is 10.2. The lowest BCUT2D eigenvalue weighted by molar-refractivity contribution is -0.384. The number of halogens is 1. The molecular formula is C10H6IN3O4. The van der Waals surface area contributed by atoms with E-state index in [1.165, 1.54) is 18.2 Å². The highest BCUT2D eigenvalue weighted by atomic mass is 127. The Kier molecular flexibility index (Phi) is 3.28. The van der Waals surface area contributed by atoms with Gasteiger partial charge in [-0.25, -0.2) is 0 Å². The maximum Gasteiger partial charge on any atom is 0.270 e. The van der Waals surface area contributed by atoms with E-state index < -0.39 is 16.4 Å². The molecule has 0 saturated heterocycles. The fourth-order valence-corrected chi connectivity index (χ4v) is 1.61. The third kappa shape index (κ3) is 2.32. The van der Waals surface area contributed by atoms with Crippen molar-refractivity contribution in [1.82, 2.24) is 9.97 Å². The van der Waals surface area contributed by atoms with Crippen LogP contribution in [0.3, 0.4) is 0 Å². The maximum atomic E-state index is 11.5. The second-order valence-electron chi connectivity index (χ2n) is 3.36. The van der Waals surface area contributed by atoms with Crippen LogP contribution in [0.15, 0.2) is 29.1 Å². The second kappa shape index (κ2) is 4.72. The SMILES string of the molecule is O=c1[nH]c(-c2cccc([N+](=O)[O-])c2)nc(O)c1I. The van der Waals surface area contributed by atoms with Gasteiger partial charge in [0.1, 0.15) is 9.39 Å². The summed E-state index contributed by atoms with van der Waals surface area (Å²) in [5.74, 6) is -0.317. The Labute approximate surface area is 114 Å². The number of nitrogens with one attached hydrogen (secondary N) is 1. The summed E-state index contributed by atoms with van der Waals surface area (Å²) in [6, 6.07) is 5.62. The molecule has 0 aliphatic carbocycles. The molecule has 1 aromatic carbocycles. The number of hydrogen-bond acceptors (Lipinski definition) is 5. The minimum Gasteiger partial charge on any atom is -0.492 e. The van der Waals surface area contributed by atoms with Gasteiger partial charge in [-0.15, -0.1) is 0 Å². The number of rotatable bonds is 2. The topological polar surface area (TPSA) is 109 Å². The Morgan fingerprint density at radius 1 is 1.44 bits per heavy atom. The molecule has 0 unspecified atom stereocenters. The molecule has 0 aliphatic heterocycles. The van der Waals surface area contributed by atoms with E-state index in [1.54, 1.807) is 28.7 Å². The predicted molar refractivity (Wildman–Crippen MR) is 71.3 cm³/mol. The number of nitrogens with zero attached hydrogens (tertiary/aromatic N) is 2. The molecule has 1 heterocycles. The minimum atomic E-state index is -0.547. The number of benzene rings is 1. The van der Waals surface area contributed by atoms with E-state index in [0.717, 1.165) is 0 Å². The van der Waals surface area contributed by atoms with Crippen LogP contribution >= 0.6 is 22.6 Å². The lowest BCUT2D eigenvalue weighted by Gasteiger charge is -2.02. The van der Waals surface area contributed by atoms with E-state index >= 15 is 0 Å². The molecule has 0 saturated carbocycles. The number of nitro benzene ring substituents is 1. The van der Waals surface area contributed by atoms with E-state index in [4.69, 9.17) is 0 Å². The Bertz CT molecular complexity index is 683. The zero-order chi connectivity index (χ0) is 13.3. The Hall–Kier alpha value is -1.97. The fraction of sp³-hybridized carbons (Fsp3) is 0. The first kappa shape index (κ1) is 12.5. The average Bonchev–Trinajstić information content (AvgIpc) is 2.35. The number of aromatic hydroxyl groups is 1. The minimum absolute atomic E-state index is 0.0711. The van der Waals surface area contributed by atoms with Gasteiger partial charge in [0.05, 0.1) is 4.92 Å². The van der Waals surface area contributed by atoms with Crippen LogP contribution in [0.2, 0.25) is 0 Å². The average molecular weight is 359 g/mol. The number of H-pyrrole nitrogens is 1. The summed E-state index contributed by atoms with van der Waals surface area (Å²) in [6.07, 6.45) is 0. The fourth-order valence-electron chi connectivity index (χ4n) is 1.35. The van der Waals surface area contributed by atoms with E-state index in [-0.39, 0.29) is 15.1 Å². The standard InChI is InChI=1S/C10H6IN3O4/c11-7-9(15)12-8(13-10(7)16)5-2-1-3-6(4-5)14(17)18/h1-4H,(H2,12,13,15,16). The zero-order valence-corrected chi connectivity index (χ0v) is 10.9. The van der Waals surface area contributed by atoms with Gasteiger partial charge >= 0.3 is 0 Å². The van der Waals surface area contributed by atoms with Gasteiger partial charge in [-0.05, 0) is 22.6 Å². The third-order valence-corrected chi connectivity index (χ3v) is 3.15. The van der Waals surface area contributed by atoms with E-state index in [1.807, 2.05) is 0 Å². The molecule has 2 rings (SSSR count). The van der Waals surface area contributed by atoms with Crippen molar-refractivity contribution >= 4 is 28.3 Å². The normalized spacial score (nSPS) is 10.3. The van der Waals surface area contributed by atoms with Gasteiger partial charge in [0, 0.05) is 17.7 Å². The smallest absolute Gasteiger partial charge is 0.270 e. The van der Waals surface area contributed by atoms with Crippen LogP contribution in [0.1, 0.15) is 0 Å². The van der Waals surface area contributed by atoms with Crippen LogP contribution in [0.25, 0.3) is 11.4 Å². The summed E-state index contributed by atoms with van der Waals surface area (Å²) in [4.78, 5) is 27.8. The van der Waals surface area contributed by atoms with Gasteiger partial charge < -0.3 is 10.1 Å². The Balaban J connectivity index is 2.59. The van der Waals surface area contributed by atoms with Crippen LogP contribution < -0.4 is 5.56 Å². The van der Waals surface area contributed by atoms with Gasteiger partial charge in [0.2, 0.25) is 5.88 Å². The molecule has 92 valence electrons. The number of hydrogen-bond donors (Lipinski definition) is 2. The van der Waals surface area contributed by atoms with Gasteiger partial charge in [0.25, 0.3) is 11.2 Å². The van der Waals surface area contributed by atoms with Crippen LogP contribution in [-0.4, -0.2) is 20.0 Å². The lowest BCUT2D eigenvalue weighted by Crippen LogP contribution is -2.12. The Morgan fingerprint density at radius 3 is 2.78 bits per heavy atom. The van der Waals surface area contributed by atoms with Crippen LogP contribution in [0, 0.1) is 13.7 Å². The number of aromatic nitrogens is 2. The maximum absolute atomic E-state index is 11.5. The first-order valence-electron chi connectivity index (χ1n) is 4.72. The summed E-state index contributed by atoms with van der Waals surface area (Å²) in [6.45, 7) is 0. The van der Waals surface area contributed by atoms with Crippen molar-refractivity contribution in [3.63, 3.8) is 0 Å². The molecule has 0 amide bonds. The molecule has 0 bridgehead atoms. The van der Waals surface area contributed by atoms with Crippen LogP contribution in [0.4, 0.5) is 5.69 Å². The van der Waals surface area contributed by atoms with Crippen molar-refractivity contribution in [2.24, 2.45) is 0 Å². The molecule has 0 spiro atoms. The van der Waals surface area contributed by atoms with Gasteiger partial charge in [-0.1, -0.05) is 12.1 Å². The van der Waals surface area contributed by atoms with Crippen molar-refractivity contribution in [3.8, 4) is 17.3 Å². The molecule has 0 aliphatic rings. The second-order valence-corrected chi connectivity index (χ2v) is 4.44. The summed E-state index contributed by atoms with van der Waals surface area (Å²) in [5, 5.41) is 20.1. The highest BCUT2D eigenvalue weighted by Gasteiger charge is 2.12. The molecule has 7 nitrogen and oxygen atoms in total.